The predicted octanol–water partition coefficient (Wildman–Crippen LogP) is 1.74. The third kappa shape index (κ3) is 2.02. The van der Waals surface area contributed by atoms with E-state index in [1.54, 1.807) is 12.5 Å². The van der Waals surface area contributed by atoms with Crippen LogP contribution in [0.2, 0.25) is 0 Å². The summed E-state index contributed by atoms with van der Waals surface area (Å²) in [6.45, 7) is 4.21. The highest BCUT2D eigenvalue weighted by molar-refractivity contribution is 5.00. The monoisotopic (exact) mass is 215 g/mol. The first-order valence-electron chi connectivity index (χ1n) is 5.23. The lowest BCUT2D eigenvalue weighted by atomic mass is 10.0. The van der Waals surface area contributed by atoms with Crippen LogP contribution in [0, 0.1) is 0 Å². The molecule has 2 heterocycles. The summed E-state index contributed by atoms with van der Waals surface area (Å²) in [7, 11) is 0. The number of aromatic nitrogens is 2. The van der Waals surface area contributed by atoms with Gasteiger partial charge in [0.1, 0.15) is 0 Å². The van der Waals surface area contributed by atoms with Crippen LogP contribution in [0.1, 0.15) is 19.0 Å². The standard InChI is InChI=1S/C10H15F2N3/c1-2-14-7-13-5-8(14)6-15-4-3-9(15)10(11)12/h5,7,9-10H,2-4,6H2,1H3/t9-/m1/s1. The van der Waals surface area contributed by atoms with Gasteiger partial charge in [0.05, 0.1) is 18.1 Å². The minimum absolute atomic E-state index is 0.551. The summed E-state index contributed by atoms with van der Waals surface area (Å²) in [4.78, 5) is 5.84. The van der Waals surface area contributed by atoms with Crippen LogP contribution in [0.5, 0.6) is 0 Å². The Morgan fingerprint density at radius 3 is 2.93 bits per heavy atom. The Kier molecular flexibility index (Phi) is 3.00. The van der Waals surface area contributed by atoms with E-state index in [4.69, 9.17) is 0 Å². The molecule has 0 aliphatic carbocycles. The minimum Gasteiger partial charge on any atom is -0.334 e. The smallest absolute Gasteiger partial charge is 0.253 e. The maximum atomic E-state index is 12.5. The summed E-state index contributed by atoms with van der Waals surface area (Å²) in [6.07, 6.45) is 1.88. The Labute approximate surface area is 87.7 Å². The fourth-order valence-corrected chi connectivity index (χ4v) is 1.92. The van der Waals surface area contributed by atoms with Gasteiger partial charge in [-0.25, -0.2) is 13.8 Å². The molecule has 1 saturated heterocycles. The lowest BCUT2D eigenvalue weighted by molar-refractivity contribution is -0.0398. The van der Waals surface area contributed by atoms with Crippen molar-refractivity contribution in [2.45, 2.75) is 38.9 Å². The molecular formula is C10H15F2N3. The molecule has 1 atom stereocenters. The molecular weight excluding hydrogens is 200 g/mol. The van der Waals surface area contributed by atoms with Gasteiger partial charge < -0.3 is 4.57 Å². The van der Waals surface area contributed by atoms with Gasteiger partial charge in [-0.05, 0) is 13.3 Å². The highest BCUT2D eigenvalue weighted by Gasteiger charge is 2.35. The van der Waals surface area contributed by atoms with Gasteiger partial charge >= 0.3 is 0 Å². The zero-order valence-corrected chi connectivity index (χ0v) is 8.74. The van der Waals surface area contributed by atoms with Gasteiger partial charge in [-0.3, -0.25) is 4.90 Å². The highest BCUT2D eigenvalue weighted by atomic mass is 19.3. The average Bonchev–Trinajstić information content (AvgIpc) is 2.58. The Bertz CT molecular complexity index is 324. The van der Waals surface area contributed by atoms with Crippen molar-refractivity contribution in [2.24, 2.45) is 0 Å². The molecule has 5 heteroatoms. The number of alkyl halides is 2. The van der Waals surface area contributed by atoms with E-state index in [1.165, 1.54) is 0 Å². The summed E-state index contributed by atoms with van der Waals surface area (Å²) in [5, 5.41) is 0. The van der Waals surface area contributed by atoms with E-state index >= 15 is 0 Å². The van der Waals surface area contributed by atoms with E-state index < -0.39 is 12.5 Å². The predicted molar refractivity (Wildman–Crippen MR) is 52.7 cm³/mol. The molecule has 15 heavy (non-hydrogen) atoms. The van der Waals surface area contributed by atoms with E-state index in [1.807, 2.05) is 16.4 Å². The molecule has 0 unspecified atom stereocenters. The number of imidazole rings is 1. The highest BCUT2D eigenvalue weighted by Crippen LogP contribution is 2.25. The van der Waals surface area contributed by atoms with Gasteiger partial charge in [-0.15, -0.1) is 0 Å². The first-order chi connectivity index (χ1) is 7.22. The van der Waals surface area contributed by atoms with Crippen molar-refractivity contribution >= 4 is 0 Å². The van der Waals surface area contributed by atoms with Crippen molar-refractivity contribution < 1.29 is 8.78 Å². The number of hydrogen-bond donors (Lipinski definition) is 0. The fraction of sp³-hybridized carbons (Fsp3) is 0.700. The molecule has 84 valence electrons. The molecule has 1 aromatic rings. The molecule has 0 amide bonds. The summed E-state index contributed by atoms with van der Waals surface area (Å²) in [5.74, 6) is 0. The Morgan fingerprint density at radius 2 is 2.40 bits per heavy atom. The van der Waals surface area contributed by atoms with Gasteiger partial charge in [0.15, 0.2) is 0 Å². The summed E-state index contributed by atoms with van der Waals surface area (Å²) < 4.78 is 26.9. The molecule has 1 fully saturated rings. The van der Waals surface area contributed by atoms with Crippen LogP contribution < -0.4 is 0 Å². The van der Waals surface area contributed by atoms with Gasteiger partial charge in [0.25, 0.3) is 6.43 Å². The number of rotatable bonds is 4. The molecule has 0 bridgehead atoms. The molecule has 3 nitrogen and oxygen atoms in total. The van der Waals surface area contributed by atoms with E-state index in [0.717, 1.165) is 18.8 Å². The third-order valence-corrected chi connectivity index (χ3v) is 2.98. The number of aryl methyl sites for hydroxylation is 1. The lowest BCUT2D eigenvalue weighted by Crippen LogP contribution is -2.51. The molecule has 1 aromatic heterocycles. The van der Waals surface area contributed by atoms with Crippen LogP contribution in [-0.4, -0.2) is 33.5 Å². The van der Waals surface area contributed by atoms with Gasteiger partial charge in [-0.1, -0.05) is 0 Å². The van der Waals surface area contributed by atoms with Gasteiger partial charge in [0, 0.05) is 25.8 Å². The number of nitrogens with zero attached hydrogens (tertiary/aromatic N) is 3. The van der Waals surface area contributed by atoms with Crippen LogP contribution in [0.4, 0.5) is 8.78 Å². The van der Waals surface area contributed by atoms with Crippen LogP contribution in [0.15, 0.2) is 12.5 Å². The Balaban J connectivity index is 1.97. The third-order valence-electron chi connectivity index (χ3n) is 2.98. The van der Waals surface area contributed by atoms with Crippen molar-refractivity contribution in [1.29, 1.82) is 0 Å². The second-order valence-corrected chi connectivity index (χ2v) is 3.83. The lowest BCUT2D eigenvalue weighted by Gasteiger charge is -2.40. The SMILES string of the molecule is CCn1cncc1CN1CC[C@@H]1C(F)F. The maximum Gasteiger partial charge on any atom is 0.253 e. The van der Waals surface area contributed by atoms with Crippen molar-refractivity contribution in [3.63, 3.8) is 0 Å². The first kappa shape index (κ1) is 10.5. The Morgan fingerprint density at radius 1 is 1.60 bits per heavy atom. The van der Waals surface area contributed by atoms with E-state index in [0.29, 0.717) is 13.0 Å². The summed E-state index contributed by atoms with van der Waals surface area (Å²) >= 11 is 0. The Hall–Kier alpha value is -0.970. The quantitative estimate of drug-likeness (QED) is 0.762. The second kappa shape index (κ2) is 4.26. The van der Waals surface area contributed by atoms with E-state index in [-0.39, 0.29) is 0 Å². The maximum absolute atomic E-state index is 12.5. The zero-order chi connectivity index (χ0) is 10.8. The summed E-state index contributed by atoms with van der Waals surface area (Å²) in [5.41, 5.74) is 1.02. The molecule has 0 saturated carbocycles. The molecule has 1 aliphatic heterocycles. The first-order valence-corrected chi connectivity index (χ1v) is 5.23. The molecule has 0 radical (unpaired) electrons. The normalized spacial score (nSPS) is 22.0. The van der Waals surface area contributed by atoms with Crippen molar-refractivity contribution in [2.75, 3.05) is 6.54 Å². The molecule has 0 aromatic carbocycles. The number of halogens is 2. The van der Waals surface area contributed by atoms with Crippen molar-refractivity contribution in [1.82, 2.24) is 14.5 Å². The van der Waals surface area contributed by atoms with Crippen LogP contribution in [0.25, 0.3) is 0 Å². The van der Waals surface area contributed by atoms with Crippen molar-refractivity contribution in [3.05, 3.63) is 18.2 Å². The van der Waals surface area contributed by atoms with Gasteiger partial charge in [-0.2, -0.15) is 0 Å². The molecule has 0 N–H and O–H groups in total. The average molecular weight is 215 g/mol. The fourth-order valence-electron chi connectivity index (χ4n) is 1.92. The van der Waals surface area contributed by atoms with Gasteiger partial charge in [0.2, 0.25) is 0 Å². The number of hydrogen-bond acceptors (Lipinski definition) is 2. The van der Waals surface area contributed by atoms with Crippen LogP contribution in [-0.2, 0) is 13.1 Å². The topological polar surface area (TPSA) is 21.1 Å². The minimum atomic E-state index is -2.23. The van der Waals surface area contributed by atoms with E-state index in [9.17, 15) is 8.78 Å². The molecule has 0 spiro atoms. The molecule has 1 aliphatic rings. The van der Waals surface area contributed by atoms with E-state index in [2.05, 4.69) is 4.98 Å². The second-order valence-electron chi connectivity index (χ2n) is 3.83. The zero-order valence-electron chi connectivity index (χ0n) is 8.74. The summed E-state index contributed by atoms with van der Waals surface area (Å²) in [6, 6.07) is -0.551. The number of likely N-dealkylation sites (tertiary alicyclic amines) is 1. The van der Waals surface area contributed by atoms with Crippen molar-refractivity contribution in [3.8, 4) is 0 Å². The van der Waals surface area contributed by atoms with Crippen LogP contribution >= 0.6 is 0 Å². The largest absolute Gasteiger partial charge is 0.334 e. The van der Waals surface area contributed by atoms with Crippen LogP contribution in [0.3, 0.4) is 0 Å². The molecule has 2 rings (SSSR count).